The Balaban J connectivity index is 1.64. The molecule has 0 aliphatic heterocycles. The number of nitrogens with zero attached hydrogens (tertiary/aromatic N) is 1. The Bertz CT molecular complexity index is 829. The van der Waals surface area contributed by atoms with Crippen molar-refractivity contribution in [2.75, 3.05) is 27.8 Å². The number of aliphatic hydroxyl groups excluding tert-OH is 1. The second-order valence-electron chi connectivity index (χ2n) is 7.96. The lowest BCUT2D eigenvalue weighted by Gasteiger charge is -2.24. The number of carbonyl (C=O) groups excluding carboxylic acids is 1. The topological polar surface area (TPSA) is 59.0 Å². The highest BCUT2D eigenvalue weighted by atomic mass is 16.5. The Morgan fingerprint density at radius 3 is 2.28 bits per heavy atom. The summed E-state index contributed by atoms with van der Waals surface area (Å²) in [5.41, 5.74) is 3.16. The number of hydrogen-bond acceptors (Lipinski definition) is 4. The van der Waals surface area contributed by atoms with Crippen LogP contribution in [0, 0.1) is 12.8 Å². The van der Waals surface area contributed by atoms with E-state index in [4.69, 9.17) is 9.47 Å². The fourth-order valence-electron chi connectivity index (χ4n) is 3.74. The van der Waals surface area contributed by atoms with E-state index in [1.54, 1.807) is 44.4 Å². The molecule has 5 heteroatoms. The van der Waals surface area contributed by atoms with Gasteiger partial charge in [0.2, 0.25) is 5.91 Å². The zero-order valence-electron chi connectivity index (χ0n) is 17.7. The van der Waals surface area contributed by atoms with Crippen LogP contribution in [0.4, 0.5) is 0 Å². The van der Waals surface area contributed by atoms with E-state index >= 15 is 0 Å². The minimum absolute atomic E-state index is 0.0574. The number of aryl methyl sites for hydroxylation is 1. The Morgan fingerprint density at radius 2 is 1.69 bits per heavy atom. The fraction of sp³-hybridized carbons (Fsp3) is 0.458. The predicted molar refractivity (Wildman–Crippen MR) is 113 cm³/mol. The summed E-state index contributed by atoms with van der Waals surface area (Å²) in [6.45, 7) is 2.31. The zero-order valence-corrected chi connectivity index (χ0v) is 17.7. The van der Waals surface area contributed by atoms with Crippen LogP contribution in [0.5, 0.6) is 11.5 Å². The Kier molecular flexibility index (Phi) is 6.80. The first-order chi connectivity index (χ1) is 13.9. The van der Waals surface area contributed by atoms with Gasteiger partial charge in [0.05, 0.1) is 26.9 Å². The van der Waals surface area contributed by atoms with Gasteiger partial charge < -0.3 is 19.5 Å². The molecular formula is C24H31NO4. The number of carbonyl (C=O) groups is 1. The van der Waals surface area contributed by atoms with Gasteiger partial charge in [-0.1, -0.05) is 35.9 Å². The molecular weight excluding hydrogens is 366 g/mol. The van der Waals surface area contributed by atoms with Gasteiger partial charge in [-0.25, -0.2) is 0 Å². The van der Waals surface area contributed by atoms with Gasteiger partial charge in [0.25, 0.3) is 0 Å². The number of aliphatic hydroxyl groups is 1. The molecule has 0 bridgehead atoms. The summed E-state index contributed by atoms with van der Waals surface area (Å²) in [4.78, 5) is 14.5. The molecule has 0 spiro atoms. The molecule has 1 aliphatic carbocycles. The molecule has 2 aromatic carbocycles. The first-order valence-corrected chi connectivity index (χ1v) is 10.1. The highest BCUT2D eigenvalue weighted by molar-refractivity contribution is 5.77. The van der Waals surface area contributed by atoms with Crippen LogP contribution in [0.1, 0.15) is 48.0 Å². The van der Waals surface area contributed by atoms with E-state index in [2.05, 4.69) is 31.2 Å². The normalized spacial score (nSPS) is 15.5. The molecule has 2 unspecified atom stereocenters. The van der Waals surface area contributed by atoms with E-state index in [1.165, 1.54) is 24.0 Å². The van der Waals surface area contributed by atoms with E-state index in [0.717, 1.165) is 0 Å². The lowest BCUT2D eigenvalue weighted by molar-refractivity contribution is -0.131. The van der Waals surface area contributed by atoms with Crippen LogP contribution in [-0.4, -0.2) is 43.7 Å². The molecule has 1 amide bonds. The number of rotatable bonds is 9. The minimum atomic E-state index is -0.789. The molecule has 0 saturated heterocycles. The van der Waals surface area contributed by atoms with Crippen molar-refractivity contribution in [3.63, 3.8) is 0 Å². The monoisotopic (exact) mass is 397 g/mol. The molecule has 156 valence electrons. The van der Waals surface area contributed by atoms with Crippen LogP contribution in [-0.2, 0) is 4.79 Å². The van der Waals surface area contributed by atoms with Crippen LogP contribution < -0.4 is 9.47 Å². The van der Waals surface area contributed by atoms with Crippen molar-refractivity contribution in [2.45, 2.75) is 38.2 Å². The molecule has 3 rings (SSSR count). The van der Waals surface area contributed by atoms with E-state index in [9.17, 15) is 9.90 Å². The van der Waals surface area contributed by atoms with Crippen molar-refractivity contribution >= 4 is 5.91 Å². The third kappa shape index (κ3) is 5.30. The van der Waals surface area contributed by atoms with Crippen LogP contribution in [0.25, 0.3) is 0 Å². The molecule has 29 heavy (non-hydrogen) atoms. The summed E-state index contributed by atoms with van der Waals surface area (Å²) < 4.78 is 10.5. The van der Waals surface area contributed by atoms with Crippen molar-refractivity contribution in [1.82, 2.24) is 4.90 Å². The van der Waals surface area contributed by atoms with Gasteiger partial charge in [0.15, 0.2) is 11.5 Å². The number of hydrogen-bond donors (Lipinski definition) is 1. The summed E-state index contributed by atoms with van der Waals surface area (Å²) in [7, 11) is 4.89. The molecule has 0 heterocycles. The van der Waals surface area contributed by atoms with Crippen LogP contribution in [0.15, 0.2) is 42.5 Å². The van der Waals surface area contributed by atoms with Crippen LogP contribution in [0.2, 0.25) is 0 Å². The number of benzene rings is 2. The largest absolute Gasteiger partial charge is 0.493 e. The average Bonchev–Trinajstić information content (AvgIpc) is 3.57. The fourth-order valence-corrected chi connectivity index (χ4v) is 3.74. The summed E-state index contributed by atoms with van der Waals surface area (Å²) in [5, 5.41) is 10.6. The van der Waals surface area contributed by atoms with Gasteiger partial charge in [-0.3, -0.25) is 4.79 Å². The number of methoxy groups -OCH3 is 2. The summed E-state index contributed by atoms with van der Waals surface area (Å²) in [6.07, 6.45) is 2.05. The molecule has 0 aromatic heterocycles. The third-order valence-corrected chi connectivity index (χ3v) is 5.76. The van der Waals surface area contributed by atoms with Gasteiger partial charge in [0, 0.05) is 13.5 Å². The van der Waals surface area contributed by atoms with Gasteiger partial charge in [-0.15, -0.1) is 0 Å². The van der Waals surface area contributed by atoms with Crippen molar-refractivity contribution in [3.8, 4) is 11.5 Å². The van der Waals surface area contributed by atoms with Crippen molar-refractivity contribution in [3.05, 3.63) is 59.2 Å². The minimum Gasteiger partial charge on any atom is -0.493 e. The molecule has 5 nitrogen and oxygen atoms in total. The molecule has 2 atom stereocenters. The smallest absolute Gasteiger partial charge is 0.223 e. The van der Waals surface area contributed by atoms with E-state index < -0.39 is 6.10 Å². The summed E-state index contributed by atoms with van der Waals surface area (Å²) in [5.74, 6) is 2.07. The zero-order chi connectivity index (χ0) is 21.0. The second-order valence-corrected chi connectivity index (χ2v) is 7.96. The van der Waals surface area contributed by atoms with Gasteiger partial charge in [-0.2, -0.15) is 0 Å². The van der Waals surface area contributed by atoms with Crippen molar-refractivity contribution in [2.24, 2.45) is 5.92 Å². The Morgan fingerprint density at radius 1 is 1.07 bits per heavy atom. The van der Waals surface area contributed by atoms with E-state index in [0.29, 0.717) is 29.4 Å². The Hall–Kier alpha value is -2.53. The standard InChI is InChI=1S/C24H31NO4/c1-16-5-7-17(8-6-16)20(18-9-10-18)14-24(27)25(2)15-21(26)19-11-12-22(28-3)23(13-19)29-4/h5-8,11-13,18,20-21,26H,9-10,14-15H2,1-4H3. The number of amides is 1. The molecule has 1 N–H and O–H groups in total. The number of likely N-dealkylation sites (N-methyl/N-ethyl adjacent to an activating group) is 1. The van der Waals surface area contributed by atoms with Gasteiger partial charge in [-0.05, 0) is 54.9 Å². The average molecular weight is 398 g/mol. The highest BCUT2D eigenvalue weighted by Crippen LogP contribution is 2.44. The molecule has 1 saturated carbocycles. The number of ether oxygens (including phenoxy) is 2. The SMILES string of the molecule is COc1ccc(C(O)CN(C)C(=O)CC(c2ccc(C)cc2)C2CC2)cc1OC. The summed E-state index contributed by atoms with van der Waals surface area (Å²) in [6, 6.07) is 13.8. The second kappa shape index (κ2) is 9.31. The molecule has 1 aliphatic rings. The summed E-state index contributed by atoms with van der Waals surface area (Å²) >= 11 is 0. The predicted octanol–water partition coefficient (Wildman–Crippen LogP) is 4.09. The first-order valence-electron chi connectivity index (χ1n) is 10.1. The molecule has 0 radical (unpaired) electrons. The maximum Gasteiger partial charge on any atom is 0.223 e. The quantitative estimate of drug-likeness (QED) is 0.692. The molecule has 1 fully saturated rings. The maximum atomic E-state index is 12.9. The van der Waals surface area contributed by atoms with E-state index in [-0.39, 0.29) is 18.4 Å². The highest BCUT2D eigenvalue weighted by Gasteiger charge is 2.34. The van der Waals surface area contributed by atoms with Crippen molar-refractivity contribution < 1.29 is 19.4 Å². The van der Waals surface area contributed by atoms with Crippen LogP contribution >= 0.6 is 0 Å². The van der Waals surface area contributed by atoms with Gasteiger partial charge >= 0.3 is 0 Å². The van der Waals surface area contributed by atoms with Crippen molar-refractivity contribution in [1.29, 1.82) is 0 Å². The first kappa shape index (κ1) is 21.2. The lowest BCUT2D eigenvalue weighted by Crippen LogP contribution is -2.32. The van der Waals surface area contributed by atoms with E-state index in [1.807, 2.05) is 0 Å². The molecule has 2 aromatic rings. The van der Waals surface area contributed by atoms with Crippen LogP contribution in [0.3, 0.4) is 0 Å². The lowest BCUT2D eigenvalue weighted by atomic mass is 9.90. The third-order valence-electron chi connectivity index (χ3n) is 5.76. The van der Waals surface area contributed by atoms with Gasteiger partial charge in [0.1, 0.15) is 0 Å². The maximum absolute atomic E-state index is 12.9. The Labute approximate surface area is 173 Å².